The van der Waals surface area contributed by atoms with Crippen LogP contribution < -0.4 is 14.8 Å². The summed E-state index contributed by atoms with van der Waals surface area (Å²) < 4.78 is 11.2. The Balaban J connectivity index is 2.16. The minimum atomic E-state index is -0.215. The van der Waals surface area contributed by atoms with Gasteiger partial charge in [-0.1, -0.05) is 6.92 Å². The maximum absolute atomic E-state index is 12.2. The highest BCUT2D eigenvalue weighted by molar-refractivity contribution is 7.13. The van der Waals surface area contributed by atoms with Crippen molar-refractivity contribution >= 4 is 22.4 Å². The lowest BCUT2D eigenvalue weighted by molar-refractivity contribution is 0.102. The average molecular weight is 306 g/mol. The van der Waals surface area contributed by atoms with E-state index in [-0.39, 0.29) is 5.91 Å². The lowest BCUT2D eigenvalue weighted by Crippen LogP contribution is -2.12. The molecule has 1 aromatic heterocycles. The monoisotopic (exact) mass is 306 g/mol. The topological polar surface area (TPSA) is 60.5 Å². The molecule has 0 aliphatic rings. The Bertz CT molecular complexity index is 585. The van der Waals surface area contributed by atoms with Gasteiger partial charge in [0.25, 0.3) is 5.91 Å². The van der Waals surface area contributed by atoms with E-state index in [1.165, 1.54) is 11.3 Å². The van der Waals surface area contributed by atoms with Crippen LogP contribution in [0.1, 0.15) is 30.6 Å². The van der Waals surface area contributed by atoms with Gasteiger partial charge in [-0.05, 0) is 31.5 Å². The zero-order chi connectivity index (χ0) is 15.1. The predicted molar refractivity (Wildman–Crippen MR) is 83.5 cm³/mol. The lowest BCUT2D eigenvalue weighted by atomic mass is 10.2. The fraction of sp³-hybridized carbons (Fsp3) is 0.333. The number of ether oxygens (including phenoxy) is 2. The third-order valence-corrected chi connectivity index (χ3v) is 3.31. The molecule has 2 aromatic rings. The first-order valence-corrected chi connectivity index (χ1v) is 7.73. The fourth-order valence-corrected chi connectivity index (χ4v) is 2.23. The van der Waals surface area contributed by atoms with Crippen LogP contribution in [0.4, 0.5) is 5.13 Å². The third kappa shape index (κ3) is 4.19. The number of rotatable bonds is 7. The minimum absolute atomic E-state index is 0.215. The molecule has 21 heavy (non-hydrogen) atoms. The van der Waals surface area contributed by atoms with Crippen LogP contribution in [-0.2, 0) is 0 Å². The van der Waals surface area contributed by atoms with Gasteiger partial charge in [-0.2, -0.15) is 0 Å². The second-order valence-corrected chi connectivity index (χ2v) is 5.13. The van der Waals surface area contributed by atoms with Crippen LogP contribution in [-0.4, -0.2) is 24.1 Å². The summed E-state index contributed by atoms with van der Waals surface area (Å²) in [4.78, 5) is 16.2. The highest BCUT2D eigenvalue weighted by atomic mass is 32.1. The van der Waals surface area contributed by atoms with Crippen molar-refractivity contribution < 1.29 is 14.3 Å². The molecule has 0 aliphatic heterocycles. The summed E-state index contributed by atoms with van der Waals surface area (Å²) in [6.45, 7) is 5.06. The van der Waals surface area contributed by atoms with E-state index in [2.05, 4.69) is 10.3 Å². The molecular weight excluding hydrogens is 288 g/mol. The van der Waals surface area contributed by atoms with Gasteiger partial charge in [-0.3, -0.25) is 10.1 Å². The number of nitrogens with one attached hydrogen (secondary N) is 1. The summed E-state index contributed by atoms with van der Waals surface area (Å²) in [5, 5.41) is 5.12. The molecule has 0 radical (unpaired) electrons. The smallest absolute Gasteiger partial charge is 0.257 e. The fourth-order valence-electron chi connectivity index (χ4n) is 1.70. The van der Waals surface area contributed by atoms with Crippen LogP contribution in [0.15, 0.2) is 29.8 Å². The van der Waals surface area contributed by atoms with Crippen LogP contribution >= 0.6 is 11.3 Å². The van der Waals surface area contributed by atoms with Crippen molar-refractivity contribution in [2.75, 3.05) is 18.5 Å². The van der Waals surface area contributed by atoms with E-state index in [0.717, 1.165) is 6.42 Å². The molecule has 0 aliphatic carbocycles. The molecule has 0 fully saturated rings. The number of hydrogen-bond acceptors (Lipinski definition) is 5. The largest absolute Gasteiger partial charge is 0.490 e. The van der Waals surface area contributed by atoms with Crippen LogP contribution in [0.3, 0.4) is 0 Å². The van der Waals surface area contributed by atoms with Gasteiger partial charge >= 0.3 is 0 Å². The second-order valence-electron chi connectivity index (χ2n) is 4.23. The maximum Gasteiger partial charge on any atom is 0.257 e. The number of thiazole rings is 1. The Labute approximate surface area is 127 Å². The quantitative estimate of drug-likeness (QED) is 0.849. The molecule has 1 N–H and O–H groups in total. The van der Waals surface area contributed by atoms with Crippen molar-refractivity contribution in [2.24, 2.45) is 0 Å². The van der Waals surface area contributed by atoms with Gasteiger partial charge in [0.2, 0.25) is 0 Å². The van der Waals surface area contributed by atoms with Crippen LogP contribution in [0, 0.1) is 0 Å². The van der Waals surface area contributed by atoms with Gasteiger partial charge in [0, 0.05) is 17.1 Å². The van der Waals surface area contributed by atoms with E-state index < -0.39 is 0 Å². The van der Waals surface area contributed by atoms with Crippen molar-refractivity contribution in [2.45, 2.75) is 20.3 Å². The first-order valence-electron chi connectivity index (χ1n) is 6.85. The number of aromatic nitrogens is 1. The van der Waals surface area contributed by atoms with E-state index in [1.807, 2.05) is 19.2 Å². The number of carbonyl (C=O) groups excluding carboxylic acids is 1. The summed E-state index contributed by atoms with van der Waals surface area (Å²) in [6.07, 6.45) is 2.56. The zero-order valence-electron chi connectivity index (χ0n) is 12.1. The molecular formula is C15H18N2O3S. The Morgan fingerprint density at radius 3 is 2.81 bits per heavy atom. The molecule has 0 spiro atoms. The third-order valence-electron chi connectivity index (χ3n) is 2.62. The van der Waals surface area contributed by atoms with Crippen molar-refractivity contribution in [3.8, 4) is 11.5 Å². The Kier molecular flexibility index (Phi) is 5.57. The molecule has 1 heterocycles. The van der Waals surface area contributed by atoms with Crippen molar-refractivity contribution in [3.63, 3.8) is 0 Å². The normalized spacial score (nSPS) is 10.2. The highest BCUT2D eigenvalue weighted by Gasteiger charge is 2.12. The average Bonchev–Trinajstić information content (AvgIpc) is 2.99. The van der Waals surface area contributed by atoms with Gasteiger partial charge in [0.05, 0.1) is 13.2 Å². The Hall–Kier alpha value is -2.08. The summed E-state index contributed by atoms with van der Waals surface area (Å²) in [5.74, 6) is 1.02. The zero-order valence-corrected chi connectivity index (χ0v) is 12.9. The maximum atomic E-state index is 12.2. The minimum Gasteiger partial charge on any atom is -0.490 e. The summed E-state index contributed by atoms with van der Waals surface area (Å²) in [6, 6.07) is 5.17. The standard InChI is InChI=1S/C15H18N2O3S/c1-3-8-20-12-6-5-11(10-13(12)19-4-2)14(18)17-15-16-7-9-21-15/h5-7,9-10H,3-4,8H2,1-2H3,(H,16,17,18). The number of amides is 1. The molecule has 0 saturated heterocycles. The van der Waals surface area contributed by atoms with Crippen LogP contribution in [0.5, 0.6) is 11.5 Å². The molecule has 112 valence electrons. The van der Waals surface area contributed by atoms with Crippen molar-refractivity contribution in [3.05, 3.63) is 35.3 Å². The number of benzene rings is 1. The molecule has 5 nitrogen and oxygen atoms in total. The number of nitrogens with zero attached hydrogens (tertiary/aromatic N) is 1. The number of anilines is 1. The SMILES string of the molecule is CCCOc1ccc(C(=O)Nc2nccs2)cc1OCC. The molecule has 0 unspecified atom stereocenters. The molecule has 0 saturated carbocycles. The Morgan fingerprint density at radius 1 is 1.29 bits per heavy atom. The summed E-state index contributed by atoms with van der Waals surface area (Å²) >= 11 is 1.38. The van der Waals surface area contributed by atoms with Gasteiger partial charge in [-0.25, -0.2) is 4.98 Å². The van der Waals surface area contributed by atoms with Gasteiger partial charge < -0.3 is 9.47 Å². The van der Waals surface area contributed by atoms with Crippen LogP contribution in [0.2, 0.25) is 0 Å². The van der Waals surface area contributed by atoms with Crippen LogP contribution in [0.25, 0.3) is 0 Å². The van der Waals surface area contributed by atoms with Crippen molar-refractivity contribution in [1.29, 1.82) is 0 Å². The highest BCUT2D eigenvalue weighted by Crippen LogP contribution is 2.29. The molecule has 0 atom stereocenters. The lowest BCUT2D eigenvalue weighted by Gasteiger charge is -2.12. The Morgan fingerprint density at radius 2 is 2.14 bits per heavy atom. The van der Waals surface area contributed by atoms with Crippen molar-refractivity contribution in [1.82, 2.24) is 4.98 Å². The molecule has 1 amide bonds. The van der Waals surface area contributed by atoms with E-state index in [0.29, 0.717) is 35.4 Å². The van der Waals surface area contributed by atoms with Gasteiger partial charge in [0.15, 0.2) is 16.6 Å². The van der Waals surface area contributed by atoms with Gasteiger partial charge in [0.1, 0.15) is 0 Å². The second kappa shape index (κ2) is 7.64. The summed E-state index contributed by atoms with van der Waals surface area (Å²) in [5.41, 5.74) is 0.512. The molecule has 0 bridgehead atoms. The predicted octanol–water partition coefficient (Wildman–Crippen LogP) is 3.58. The molecule has 6 heteroatoms. The van der Waals surface area contributed by atoms with E-state index in [4.69, 9.17) is 9.47 Å². The first-order chi connectivity index (χ1) is 10.2. The first kappa shape index (κ1) is 15.3. The number of carbonyl (C=O) groups is 1. The van der Waals surface area contributed by atoms with E-state index >= 15 is 0 Å². The van der Waals surface area contributed by atoms with E-state index in [9.17, 15) is 4.79 Å². The van der Waals surface area contributed by atoms with E-state index in [1.54, 1.807) is 24.4 Å². The molecule has 2 rings (SSSR count). The number of hydrogen-bond donors (Lipinski definition) is 1. The van der Waals surface area contributed by atoms with Gasteiger partial charge in [-0.15, -0.1) is 11.3 Å². The summed E-state index contributed by atoms with van der Waals surface area (Å²) in [7, 11) is 0. The molecule has 1 aromatic carbocycles.